The van der Waals surface area contributed by atoms with Gasteiger partial charge in [-0.25, -0.2) is 0 Å². The van der Waals surface area contributed by atoms with E-state index in [1.807, 2.05) is 13.0 Å². The van der Waals surface area contributed by atoms with Gasteiger partial charge in [-0.05, 0) is 61.4 Å². The maximum absolute atomic E-state index is 12.5. The van der Waals surface area contributed by atoms with Gasteiger partial charge in [0, 0.05) is 18.3 Å². The summed E-state index contributed by atoms with van der Waals surface area (Å²) in [6.45, 7) is 6.45. The molecule has 2 aromatic rings. The number of nitriles is 1. The van der Waals surface area contributed by atoms with Crippen molar-refractivity contribution in [3.63, 3.8) is 0 Å². The van der Waals surface area contributed by atoms with E-state index in [2.05, 4.69) is 17.6 Å². The summed E-state index contributed by atoms with van der Waals surface area (Å²) >= 11 is 0. The minimum absolute atomic E-state index is 0.0481. The molecule has 0 saturated heterocycles. The number of rotatable bonds is 10. The van der Waals surface area contributed by atoms with Gasteiger partial charge in [-0.1, -0.05) is 19.4 Å². The minimum atomic E-state index is -0.531. The lowest BCUT2D eigenvalue weighted by Crippen LogP contribution is -2.13. The molecule has 31 heavy (non-hydrogen) atoms. The number of nitrogens with zero attached hydrogens (tertiary/aromatic N) is 1. The molecule has 2 N–H and O–H groups in total. The van der Waals surface area contributed by atoms with Crippen LogP contribution in [0.15, 0.2) is 48.0 Å². The first-order valence-corrected chi connectivity index (χ1v) is 10.2. The summed E-state index contributed by atoms with van der Waals surface area (Å²) in [7, 11) is 0. The molecule has 0 bridgehead atoms. The molecule has 162 valence electrons. The molecule has 0 aliphatic heterocycles. The zero-order valence-electron chi connectivity index (χ0n) is 18.0. The van der Waals surface area contributed by atoms with E-state index in [0.29, 0.717) is 41.7 Å². The molecule has 0 aliphatic rings. The van der Waals surface area contributed by atoms with Crippen LogP contribution in [-0.4, -0.2) is 25.0 Å². The van der Waals surface area contributed by atoms with Crippen LogP contribution in [0, 0.1) is 11.3 Å². The van der Waals surface area contributed by atoms with Crippen LogP contribution in [0.3, 0.4) is 0 Å². The molecular formula is C24H27N3O4. The Hall–Kier alpha value is -3.79. The zero-order valence-corrected chi connectivity index (χ0v) is 18.0. The van der Waals surface area contributed by atoms with Crippen LogP contribution in [0.1, 0.15) is 39.2 Å². The number of hydrogen-bond acceptors (Lipinski definition) is 5. The third-order valence-electron chi connectivity index (χ3n) is 4.16. The third-order valence-corrected chi connectivity index (χ3v) is 4.16. The largest absolute Gasteiger partial charge is 0.490 e. The van der Waals surface area contributed by atoms with Crippen molar-refractivity contribution >= 4 is 29.3 Å². The van der Waals surface area contributed by atoms with Gasteiger partial charge in [0.25, 0.3) is 5.91 Å². The molecular weight excluding hydrogens is 394 g/mol. The summed E-state index contributed by atoms with van der Waals surface area (Å²) < 4.78 is 11.4. The average molecular weight is 421 g/mol. The van der Waals surface area contributed by atoms with Gasteiger partial charge < -0.3 is 20.1 Å². The van der Waals surface area contributed by atoms with Gasteiger partial charge in [-0.2, -0.15) is 5.26 Å². The molecule has 0 saturated carbocycles. The third kappa shape index (κ3) is 7.52. The Morgan fingerprint density at radius 1 is 1.00 bits per heavy atom. The predicted molar refractivity (Wildman–Crippen MR) is 121 cm³/mol. The lowest BCUT2D eigenvalue weighted by atomic mass is 10.1. The van der Waals surface area contributed by atoms with Crippen molar-refractivity contribution in [2.45, 2.75) is 33.6 Å². The number of amides is 2. The van der Waals surface area contributed by atoms with Gasteiger partial charge in [-0.3, -0.25) is 9.59 Å². The molecule has 0 aliphatic carbocycles. The molecule has 0 spiro atoms. The molecule has 0 fully saturated rings. The van der Waals surface area contributed by atoms with Crippen molar-refractivity contribution in [1.82, 2.24) is 0 Å². The fourth-order valence-corrected chi connectivity index (χ4v) is 2.68. The summed E-state index contributed by atoms with van der Waals surface area (Å²) in [5, 5.41) is 14.8. The van der Waals surface area contributed by atoms with Crippen molar-refractivity contribution in [3.8, 4) is 17.6 Å². The summed E-state index contributed by atoms with van der Waals surface area (Å²) in [6.07, 6.45) is 3.47. The Bertz CT molecular complexity index is 975. The standard InChI is InChI=1S/C24H27N3O4/c1-4-6-13-31-22-12-7-18(15-23(22)30-5-2)14-19(16-25)24(29)27-21-10-8-20(9-11-21)26-17(3)28/h7-12,14-15H,4-6,13H2,1-3H3,(H,26,28)(H,27,29)/b19-14+. The maximum atomic E-state index is 12.5. The number of hydrogen-bond donors (Lipinski definition) is 2. The Morgan fingerprint density at radius 3 is 2.26 bits per heavy atom. The normalized spacial score (nSPS) is 10.7. The topological polar surface area (TPSA) is 100 Å². The van der Waals surface area contributed by atoms with Crippen molar-refractivity contribution in [3.05, 3.63) is 53.6 Å². The van der Waals surface area contributed by atoms with Crippen molar-refractivity contribution in [2.75, 3.05) is 23.8 Å². The summed E-state index contributed by atoms with van der Waals surface area (Å²) in [4.78, 5) is 23.6. The first-order chi connectivity index (χ1) is 15.0. The molecule has 2 aromatic carbocycles. The summed E-state index contributed by atoms with van der Waals surface area (Å²) in [5.74, 6) is 0.490. The number of carbonyl (C=O) groups excluding carboxylic acids is 2. The second kappa shape index (κ2) is 12.0. The monoisotopic (exact) mass is 421 g/mol. The highest BCUT2D eigenvalue weighted by molar-refractivity contribution is 6.09. The van der Waals surface area contributed by atoms with E-state index in [4.69, 9.17) is 9.47 Å². The molecule has 0 unspecified atom stereocenters. The molecule has 0 aromatic heterocycles. The number of benzene rings is 2. The Balaban J connectivity index is 2.15. The van der Waals surface area contributed by atoms with Crippen molar-refractivity contribution in [2.24, 2.45) is 0 Å². The van der Waals surface area contributed by atoms with Gasteiger partial charge in [0.2, 0.25) is 5.91 Å². The fraction of sp³-hybridized carbons (Fsp3) is 0.292. The van der Waals surface area contributed by atoms with Crippen LogP contribution in [0.5, 0.6) is 11.5 Å². The second-order valence-electron chi connectivity index (χ2n) is 6.72. The van der Waals surface area contributed by atoms with Crippen LogP contribution >= 0.6 is 0 Å². The number of unbranched alkanes of at least 4 members (excludes halogenated alkanes) is 1. The quantitative estimate of drug-likeness (QED) is 0.327. The highest BCUT2D eigenvalue weighted by Gasteiger charge is 2.12. The molecule has 2 amide bonds. The van der Waals surface area contributed by atoms with E-state index in [1.165, 1.54) is 13.0 Å². The van der Waals surface area contributed by atoms with E-state index < -0.39 is 5.91 Å². The maximum Gasteiger partial charge on any atom is 0.266 e. The van der Waals surface area contributed by atoms with Gasteiger partial charge in [-0.15, -0.1) is 0 Å². The van der Waals surface area contributed by atoms with Gasteiger partial charge in [0.15, 0.2) is 11.5 Å². The lowest BCUT2D eigenvalue weighted by Gasteiger charge is -2.12. The van der Waals surface area contributed by atoms with Crippen molar-refractivity contribution in [1.29, 1.82) is 5.26 Å². The van der Waals surface area contributed by atoms with Crippen molar-refractivity contribution < 1.29 is 19.1 Å². The smallest absolute Gasteiger partial charge is 0.266 e. The highest BCUT2D eigenvalue weighted by atomic mass is 16.5. The number of anilines is 2. The van der Waals surface area contributed by atoms with Crippen LogP contribution in [0.2, 0.25) is 0 Å². The number of carbonyl (C=O) groups is 2. The molecule has 2 rings (SSSR count). The van der Waals surface area contributed by atoms with Crippen LogP contribution in [-0.2, 0) is 9.59 Å². The predicted octanol–water partition coefficient (Wildman–Crippen LogP) is 4.77. The Kier molecular flexibility index (Phi) is 9.12. The molecule has 0 heterocycles. The average Bonchev–Trinajstić information content (AvgIpc) is 2.74. The van der Waals surface area contributed by atoms with E-state index in [9.17, 15) is 14.9 Å². The van der Waals surface area contributed by atoms with E-state index in [1.54, 1.807) is 42.5 Å². The SMILES string of the molecule is CCCCOc1ccc(/C=C(\C#N)C(=O)Nc2ccc(NC(C)=O)cc2)cc1OCC. The summed E-state index contributed by atoms with van der Waals surface area (Å²) in [6, 6.07) is 13.9. The zero-order chi connectivity index (χ0) is 22.6. The number of nitrogens with one attached hydrogen (secondary N) is 2. The first kappa shape index (κ1) is 23.5. The fourth-order valence-electron chi connectivity index (χ4n) is 2.68. The van der Waals surface area contributed by atoms with E-state index in [-0.39, 0.29) is 11.5 Å². The molecule has 0 radical (unpaired) electrons. The molecule has 7 heteroatoms. The molecule has 0 atom stereocenters. The van der Waals surface area contributed by atoms with Gasteiger partial charge in [0.1, 0.15) is 11.6 Å². The second-order valence-corrected chi connectivity index (χ2v) is 6.72. The Labute approximate surface area is 182 Å². The molecule has 7 nitrogen and oxygen atoms in total. The highest BCUT2D eigenvalue weighted by Crippen LogP contribution is 2.29. The van der Waals surface area contributed by atoms with Crippen LogP contribution in [0.4, 0.5) is 11.4 Å². The minimum Gasteiger partial charge on any atom is -0.490 e. The summed E-state index contributed by atoms with van der Waals surface area (Å²) in [5.41, 5.74) is 1.73. The van der Waals surface area contributed by atoms with Gasteiger partial charge in [0.05, 0.1) is 13.2 Å². The number of ether oxygens (including phenoxy) is 2. The van der Waals surface area contributed by atoms with Crippen LogP contribution in [0.25, 0.3) is 6.08 Å². The Morgan fingerprint density at radius 2 is 1.68 bits per heavy atom. The van der Waals surface area contributed by atoms with E-state index in [0.717, 1.165) is 12.8 Å². The van der Waals surface area contributed by atoms with Crippen LogP contribution < -0.4 is 20.1 Å². The first-order valence-electron chi connectivity index (χ1n) is 10.2. The lowest BCUT2D eigenvalue weighted by molar-refractivity contribution is -0.114. The van der Waals surface area contributed by atoms with E-state index >= 15 is 0 Å². The van der Waals surface area contributed by atoms with Gasteiger partial charge >= 0.3 is 0 Å².